The summed E-state index contributed by atoms with van der Waals surface area (Å²) in [7, 11) is 0. The van der Waals surface area contributed by atoms with Gasteiger partial charge in [-0.15, -0.1) is 0 Å². The monoisotopic (exact) mass is 330 g/mol. The van der Waals surface area contributed by atoms with Crippen LogP contribution in [0.5, 0.6) is 0 Å². The lowest BCUT2D eigenvalue weighted by Gasteiger charge is -2.25. The lowest BCUT2D eigenvalue weighted by atomic mass is 9.89. The van der Waals surface area contributed by atoms with Crippen molar-refractivity contribution in [1.82, 2.24) is 15.1 Å². The maximum Gasteiger partial charge on any atom is 0.319 e. The highest BCUT2D eigenvalue weighted by Gasteiger charge is 2.22. The molecule has 130 valence electrons. The fourth-order valence-electron chi connectivity index (χ4n) is 2.10. The number of amides is 2. The lowest BCUT2D eigenvalue weighted by Crippen LogP contribution is -2.40. The summed E-state index contributed by atoms with van der Waals surface area (Å²) in [5.41, 5.74) is 2.67. The first kappa shape index (κ1) is 18.0. The van der Waals surface area contributed by atoms with E-state index in [-0.39, 0.29) is 18.0 Å². The molecule has 2 rings (SSSR count). The quantitative estimate of drug-likeness (QED) is 0.789. The number of aliphatic hydroxyl groups excluding tert-OH is 1. The maximum absolute atomic E-state index is 11.9. The van der Waals surface area contributed by atoms with Crippen molar-refractivity contribution in [3.63, 3.8) is 0 Å². The molecular weight excluding hydrogens is 304 g/mol. The van der Waals surface area contributed by atoms with Gasteiger partial charge in [-0.25, -0.2) is 4.79 Å². The molecular formula is C18H26N4O2. The third-order valence-corrected chi connectivity index (χ3v) is 3.77. The summed E-state index contributed by atoms with van der Waals surface area (Å²) in [4.78, 5) is 11.9. The molecule has 0 aliphatic rings. The van der Waals surface area contributed by atoms with Crippen LogP contribution in [0.25, 0.3) is 0 Å². The van der Waals surface area contributed by atoms with Gasteiger partial charge in [0.2, 0.25) is 0 Å². The van der Waals surface area contributed by atoms with Crippen molar-refractivity contribution < 1.29 is 9.90 Å². The Morgan fingerprint density at radius 2 is 1.96 bits per heavy atom. The number of nitrogens with one attached hydrogen (secondary N) is 2. The van der Waals surface area contributed by atoms with Gasteiger partial charge in [-0.05, 0) is 35.6 Å². The highest BCUT2D eigenvalue weighted by molar-refractivity contribution is 5.89. The van der Waals surface area contributed by atoms with Crippen molar-refractivity contribution in [2.24, 2.45) is 5.41 Å². The van der Waals surface area contributed by atoms with Gasteiger partial charge in [0, 0.05) is 18.4 Å². The Morgan fingerprint density at radius 3 is 2.50 bits per heavy atom. The SMILES string of the molecule is Cc1cnn(Cc2ccc(NC(=O)NCC(O)C(C)(C)C)cc2)c1. The van der Waals surface area contributed by atoms with Crippen LogP contribution in [0.2, 0.25) is 0 Å². The topological polar surface area (TPSA) is 79.2 Å². The third-order valence-electron chi connectivity index (χ3n) is 3.77. The number of aryl methyl sites for hydroxylation is 1. The van der Waals surface area contributed by atoms with E-state index in [1.165, 1.54) is 0 Å². The number of carbonyl (C=O) groups excluding carboxylic acids is 1. The van der Waals surface area contributed by atoms with Crippen molar-refractivity contribution in [3.8, 4) is 0 Å². The molecule has 6 heteroatoms. The minimum absolute atomic E-state index is 0.214. The lowest BCUT2D eigenvalue weighted by molar-refractivity contribution is 0.0654. The molecule has 1 aromatic carbocycles. The van der Waals surface area contributed by atoms with Gasteiger partial charge in [0.05, 0.1) is 18.8 Å². The molecule has 1 aromatic heterocycles. The molecule has 0 fully saturated rings. The number of rotatable bonds is 5. The van der Waals surface area contributed by atoms with Gasteiger partial charge in [-0.2, -0.15) is 5.10 Å². The third kappa shape index (κ3) is 5.38. The largest absolute Gasteiger partial charge is 0.391 e. The van der Waals surface area contributed by atoms with Crippen LogP contribution in [0.3, 0.4) is 0 Å². The maximum atomic E-state index is 11.9. The van der Waals surface area contributed by atoms with Gasteiger partial charge >= 0.3 is 6.03 Å². The minimum Gasteiger partial charge on any atom is -0.391 e. The van der Waals surface area contributed by atoms with Crippen molar-refractivity contribution >= 4 is 11.7 Å². The molecule has 1 unspecified atom stereocenters. The van der Waals surface area contributed by atoms with Gasteiger partial charge in [0.25, 0.3) is 0 Å². The van der Waals surface area contributed by atoms with E-state index in [1.807, 2.05) is 69.0 Å². The van der Waals surface area contributed by atoms with E-state index in [0.717, 1.165) is 11.1 Å². The number of urea groups is 1. The summed E-state index contributed by atoms with van der Waals surface area (Å²) in [6, 6.07) is 7.29. The number of hydrogen-bond donors (Lipinski definition) is 3. The summed E-state index contributed by atoms with van der Waals surface area (Å²) >= 11 is 0. The molecule has 0 bridgehead atoms. The number of nitrogens with zero attached hydrogens (tertiary/aromatic N) is 2. The molecule has 2 amide bonds. The number of benzene rings is 1. The fraction of sp³-hybridized carbons (Fsp3) is 0.444. The van der Waals surface area contributed by atoms with Crippen LogP contribution in [0.15, 0.2) is 36.7 Å². The molecule has 1 heterocycles. The molecule has 0 saturated heterocycles. The summed E-state index contributed by atoms with van der Waals surface area (Å²) in [5, 5.41) is 19.6. The molecule has 0 saturated carbocycles. The Labute approximate surface area is 142 Å². The van der Waals surface area contributed by atoms with E-state index in [0.29, 0.717) is 12.2 Å². The van der Waals surface area contributed by atoms with Crippen LogP contribution in [0.1, 0.15) is 31.9 Å². The number of hydrogen-bond acceptors (Lipinski definition) is 3. The van der Waals surface area contributed by atoms with E-state index in [9.17, 15) is 9.90 Å². The summed E-state index contributed by atoms with van der Waals surface area (Å²) in [5.74, 6) is 0. The van der Waals surface area contributed by atoms with Crippen molar-refractivity contribution in [2.45, 2.75) is 40.3 Å². The predicted octanol–water partition coefficient (Wildman–Crippen LogP) is 2.77. The molecule has 0 radical (unpaired) electrons. The zero-order valence-corrected chi connectivity index (χ0v) is 14.7. The minimum atomic E-state index is -0.594. The van der Waals surface area contributed by atoms with E-state index < -0.39 is 6.10 Å². The Balaban J connectivity index is 1.84. The Morgan fingerprint density at radius 1 is 1.29 bits per heavy atom. The average molecular weight is 330 g/mol. The fourth-order valence-corrected chi connectivity index (χ4v) is 2.10. The molecule has 0 aliphatic heterocycles. The molecule has 24 heavy (non-hydrogen) atoms. The normalized spacial score (nSPS) is 12.7. The van der Waals surface area contributed by atoms with Gasteiger partial charge in [0.15, 0.2) is 0 Å². The Hall–Kier alpha value is -2.34. The molecule has 6 nitrogen and oxygen atoms in total. The summed E-state index contributed by atoms with van der Waals surface area (Å²) in [6.45, 7) is 8.70. The molecule has 1 atom stereocenters. The smallest absolute Gasteiger partial charge is 0.319 e. The van der Waals surface area contributed by atoms with Crippen LogP contribution in [0, 0.1) is 12.3 Å². The van der Waals surface area contributed by atoms with Crippen LogP contribution in [0.4, 0.5) is 10.5 Å². The Kier molecular flexibility index (Phi) is 5.62. The zero-order chi connectivity index (χ0) is 17.7. The van der Waals surface area contributed by atoms with Gasteiger partial charge in [0.1, 0.15) is 0 Å². The number of aromatic nitrogens is 2. The van der Waals surface area contributed by atoms with Crippen LogP contribution < -0.4 is 10.6 Å². The first-order valence-corrected chi connectivity index (χ1v) is 8.05. The predicted molar refractivity (Wildman–Crippen MR) is 95.0 cm³/mol. The molecule has 3 N–H and O–H groups in total. The number of carbonyl (C=O) groups is 1. The number of anilines is 1. The Bertz CT molecular complexity index is 671. The molecule has 2 aromatic rings. The average Bonchev–Trinajstić information content (AvgIpc) is 2.91. The van der Waals surface area contributed by atoms with E-state index in [1.54, 1.807) is 0 Å². The molecule has 0 aliphatic carbocycles. The van der Waals surface area contributed by atoms with Crippen LogP contribution in [-0.2, 0) is 6.54 Å². The van der Waals surface area contributed by atoms with Crippen molar-refractivity contribution in [2.75, 3.05) is 11.9 Å². The summed E-state index contributed by atoms with van der Waals surface area (Å²) in [6.07, 6.45) is 3.22. The van der Waals surface area contributed by atoms with E-state index in [4.69, 9.17) is 0 Å². The number of aliphatic hydroxyl groups is 1. The van der Waals surface area contributed by atoms with Crippen LogP contribution >= 0.6 is 0 Å². The van der Waals surface area contributed by atoms with Crippen molar-refractivity contribution in [3.05, 3.63) is 47.8 Å². The van der Waals surface area contributed by atoms with E-state index >= 15 is 0 Å². The first-order chi connectivity index (χ1) is 11.2. The second kappa shape index (κ2) is 7.49. The zero-order valence-electron chi connectivity index (χ0n) is 14.7. The van der Waals surface area contributed by atoms with Crippen LogP contribution in [-0.4, -0.2) is 33.6 Å². The van der Waals surface area contributed by atoms with E-state index in [2.05, 4.69) is 15.7 Å². The van der Waals surface area contributed by atoms with Gasteiger partial charge in [-0.1, -0.05) is 32.9 Å². The summed E-state index contributed by atoms with van der Waals surface area (Å²) < 4.78 is 1.87. The van der Waals surface area contributed by atoms with Gasteiger partial charge < -0.3 is 15.7 Å². The van der Waals surface area contributed by atoms with Crippen molar-refractivity contribution in [1.29, 1.82) is 0 Å². The molecule has 0 spiro atoms. The van der Waals surface area contributed by atoms with Gasteiger partial charge in [-0.3, -0.25) is 4.68 Å². The second-order valence-electron chi connectivity index (χ2n) is 7.13. The first-order valence-electron chi connectivity index (χ1n) is 8.05. The highest BCUT2D eigenvalue weighted by atomic mass is 16.3. The highest BCUT2D eigenvalue weighted by Crippen LogP contribution is 2.18. The second-order valence-corrected chi connectivity index (χ2v) is 7.13. The standard InChI is InChI=1S/C18H26N4O2/c1-13-9-20-22(11-13)12-14-5-7-15(8-6-14)21-17(24)19-10-16(23)18(2,3)4/h5-9,11,16,23H,10,12H2,1-4H3,(H2,19,21,24).